The molecule has 8 heteroatoms. The van der Waals surface area contributed by atoms with Gasteiger partial charge >= 0.3 is 0 Å². The first-order chi connectivity index (χ1) is 12.5. The van der Waals surface area contributed by atoms with E-state index in [1.165, 1.54) is 24.3 Å². The molecule has 2 aromatic carbocycles. The van der Waals surface area contributed by atoms with Crippen LogP contribution in [0.1, 0.15) is 30.1 Å². The number of benzene rings is 2. The number of nitrogens with one attached hydrogen (secondary N) is 2. The summed E-state index contributed by atoms with van der Waals surface area (Å²) in [6.45, 7) is 2.67. The molecule has 0 aliphatic carbocycles. The number of nitro groups is 1. The van der Waals surface area contributed by atoms with Crippen molar-refractivity contribution in [2.75, 3.05) is 11.9 Å². The smallest absolute Gasteiger partial charge is 0.269 e. The van der Waals surface area contributed by atoms with Crippen molar-refractivity contribution in [3.05, 3.63) is 64.2 Å². The fourth-order valence-corrected chi connectivity index (χ4v) is 2.28. The fourth-order valence-electron chi connectivity index (χ4n) is 2.07. The molecule has 2 aromatic rings. The molecule has 2 rings (SSSR count). The number of carbonyl (C=O) groups excluding carboxylic acids is 1. The Morgan fingerprint density at radius 3 is 2.62 bits per heavy atom. The van der Waals surface area contributed by atoms with Crippen molar-refractivity contribution in [1.82, 2.24) is 5.32 Å². The minimum Gasteiger partial charge on any atom is -0.494 e. The van der Waals surface area contributed by atoms with Gasteiger partial charge in [0.05, 0.1) is 11.5 Å². The molecule has 0 aliphatic heterocycles. The zero-order chi connectivity index (χ0) is 18.9. The average molecular weight is 373 g/mol. The topological polar surface area (TPSA) is 93.5 Å². The number of amides is 1. The van der Waals surface area contributed by atoms with E-state index in [4.69, 9.17) is 17.0 Å². The van der Waals surface area contributed by atoms with Gasteiger partial charge in [-0.3, -0.25) is 20.2 Å². The lowest BCUT2D eigenvalue weighted by Gasteiger charge is -2.10. The van der Waals surface area contributed by atoms with Gasteiger partial charge in [0.2, 0.25) is 0 Å². The lowest BCUT2D eigenvalue weighted by atomic mass is 10.2. The summed E-state index contributed by atoms with van der Waals surface area (Å²) in [7, 11) is 0. The normalized spacial score (nSPS) is 10.0. The Morgan fingerprint density at radius 1 is 1.23 bits per heavy atom. The highest BCUT2D eigenvalue weighted by molar-refractivity contribution is 7.80. The van der Waals surface area contributed by atoms with Gasteiger partial charge in [-0.05, 0) is 49.0 Å². The monoisotopic (exact) mass is 373 g/mol. The molecule has 0 fully saturated rings. The van der Waals surface area contributed by atoms with Crippen LogP contribution < -0.4 is 15.4 Å². The van der Waals surface area contributed by atoms with Gasteiger partial charge in [0.1, 0.15) is 5.75 Å². The summed E-state index contributed by atoms with van der Waals surface area (Å²) in [6.07, 6.45) is 1.97. The van der Waals surface area contributed by atoms with Gasteiger partial charge < -0.3 is 10.1 Å². The number of carbonyl (C=O) groups is 1. The second-order valence-corrected chi connectivity index (χ2v) is 5.85. The van der Waals surface area contributed by atoms with Gasteiger partial charge in [-0.25, -0.2) is 0 Å². The van der Waals surface area contributed by atoms with Crippen molar-refractivity contribution in [2.24, 2.45) is 0 Å². The maximum Gasteiger partial charge on any atom is 0.269 e. The Kier molecular flexibility index (Phi) is 7.04. The van der Waals surface area contributed by atoms with Crippen LogP contribution in [0, 0.1) is 10.1 Å². The molecular formula is C18H19N3O4S. The number of hydrogen-bond acceptors (Lipinski definition) is 5. The number of hydrogen-bond donors (Lipinski definition) is 2. The van der Waals surface area contributed by atoms with Crippen LogP contribution in [0.25, 0.3) is 0 Å². The molecule has 0 saturated heterocycles. The van der Waals surface area contributed by atoms with E-state index in [0.29, 0.717) is 23.6 Å². The van der Waals surface area contributed by atoms with Gasteiger partial charge in [-0.15, -0.1) is 0 Å². The Hall–Kier alpha value is -3.00. The van der Waals surface area contributed by atoms with Crippen LogP contribution in [-0.2, 0) is 0 Å². The summed E-state index contributed by atoms with van der Waals surface area (Å²) < 4.78 is 5.58. The number of thiocarbonyl (C=S) groups is 1. The van der Waals surface area contributed by atoms with Gasteiger partial charge in [-0.2, -0.15) is 0 Å². The van der Waals surface area contributed by atoms with Crippen LogP contribution in [0.15, 0.2) is 48.5 Å². The molecule has 1 amide bonds. The van der Waals surface area contributed by atoms with Gasteiger partial charge in [0.15, 0.2) is 5.11 Å². The van der Waals surface area contributed by atoms with Crippen molar-refractivity contribution < 1.29 is 14.5 Å². The summed E-state index contributed by atoms with van der Waals surface area (Å²) in [6, 6.07) is 12.6. The maximum atomic E-state index is 12.3. The highest BCUT2D eigenvalue weighted by Gasteiger charge is 2.10. The Labute approximate surface area is 156 Å². The van der Waals surface area contributed by atoms with E-state index in [9.17, 15) is 14.9 Å². The van der Waals surface area contributed by atoms with Crippen LogP contribution >= 0.6 is 12.2 Å². The van der Waals surface area contributed by atoms with Crippen LogP contribution in [0.3, 0.4) is 0 Å². The maximum absolute atomic E-state index is 12.3. The van der Waals surface area contributed by atoms with E-state index in [2.05, 4.69) is 17.6 Å². The first-order valence-electron chi connectivity index (χ1n) is 8.09. The van der Waals surface area contributed by atoms with Crippen LogP contribution in [0.5, 0.6) is 5.75 Å². The molecule has 0 heterocycles. The summed E-state index contributed by atoms with van der Waals surface area (Å²) in [4.78, 5) is 22.4. The van der Waals surface area contributed by atoms with Crippen LogP contribution in [0.2, 0.25) is 0 Å². The second kappa shape index (κ2) is 9.47. The molecule has 2 N–H and O–H groups in total. The number of non-ortho nitro benzene ring substituents is 1. The minimum atomic E-state index is -0.487. The van der Waals surface area contributed by atoms with E-state index < -0.39 is 4.92 Å². The van der Waals surface area contributed by atoms with Gasteiger partial charge in [0.25, 0.3) is 11.6 Å². The average Bonchev–Trinajstić information content (AvgIpc) is 2.62. The fraction of sp³-hybridized carbons (Fsp3) is 0.222. The lowest BCUT2D eigenvalue weighted by molar-refractivity contribution is -0.384. The molecule has 0 spiro atoms. The minimum absolute atomic E-state index is 0.0228. The van der Waals surface area contributed by atoms with E-state index in [-0.39, 0.29) is 16.7 Å². The number of ether oxygens (including phenoxy) is 1. The van der Waals surface area contributed by atoms with Gasteiger partial charge in [0, 0.05) is 23.4 Å². The highest BCUT2D eigenvalue weighted by Crippen LogP contribution is 2.16. The highest BCUT2D eigenvalue weighted by atomic mass is 32.1. The Bertz CT molecular complexity index is 793. The van der Waals surface area contributed by atoms with E-state index in [1.807, 2.05) is 0 Å². The number of rotatable bonds is 7. The van der Waals surface area contributed by atoms with Crippen molar-refractivity contribution in [3.8, 4) is 5.75 Å². The largest absolute Gasteiger partial charge is 0.494 e. The molecule has 0 unspecified atom stereocenters. The standard InChI is InChI=1S/C18H19N3O4S/c1-2-3-11-25-16-6-4-5-13(12-16)17(22)20-18(26)19-14-7-9-15(10-8-14)21(23)24/h4-10,12H,2-3,11H2,1H3,(H2,19,20,22,26). The predicted octanol–water partition coefficient (Wildman–Crippen LogP) is 3.90. The third kappa shape index (κ3) is 5.82. The molecule has 0 atom stereocenters. The van der Waals surface area contributed by atoms with E-state index in [0.717, 1.165) is 12.8 Å². The molecule has 0 aliphatic rings. The molecule has 0 bridgehead atoms. The summed E-state index contributed by atoms with van der Waals surface area (Å²) in [5, 5.41) is 16.1. The third-order valence-electron chi connectivity index (χ3n) is 3.43. The number of nitrogens with zero attached hydrogens (tertiary/aromatic N) is 1. The number of anilines is 1. The number of unbranched alkanes of at least 4 members (excludes halogenated alkanes) is 1. The molecule has 0 radical (unpaired) electrons. The Balaban J connectivity index is 1.93. The first-order valence-corrected chi connectivity index (χ1v) is 8.50. The zero-order valence-corrected chi connectivity index (χ0v) is 15.0. The molecule has 7 nitrogen and oxygen atoms in total. The summed E-state index contributed by atoms with van der Waals surface area (Å²) in [5.74, 6) is 0.255. The van der Waals surface area contributed by atoms with E-state index in [1.54, 1.807) is 24.3 Å². The molecular weight excluding hydrogens is 354 g/mol. The summed E-state index contributed by atoms with van der Waals surface area (Å²) >= 11 is 5.11. The quantitative estimate of drug-likeness (QED) is 0.331. The van der Waals surface area contributed by atoms with Crippen molar-refractivity contribution in [1.29, 1.82) is 0 Å². The van der Waals surface area contributed by atoms with Crippen LogP contribution in [0.4, 0.5) is 11.4 Å². The van der Waals surface area contributed by atoms with Gasteiger partial charge in [-0.1, -0.05) is 19.4 Å². The Morgan fingerprint density at radius 2 is 1.96 bits per heavy atom. The number of nitro benzene ring substituents is 1. The van der Waals surface area contributed by atoms with E-state index >= 15 is 0 Å². The third-order valence-corrected chi connectivity index (χ3v) is 3.63. The second-order valence-electron chi connectivity index (χ2n) is 5.44. The van der Waals surface area contributed by atoms with Crippen molar-refractivity contribution >= 4 is 34.6 Å². The lowest BCUT2D eigenvalue weighted by Crippen LogP contribution is -2.34. The first kappa shape index (κ1) is 19.3. The van der Waals surface area contributed by atoms with Crippen LogP contribution in [-0.4, -0.2) is 22.5 Å². The zero-order valence-electron chi connectivity index (χ0n) is 14.2. The molecule has 0 saturated carbocycles. The SMILES string of the molecule is CCCCOc1cccc(C(=O)NC(=S)Nc2ccc([N+](=O)[O-])cc2)c1. The molecule has 136 valence electrons. The summed E-state index contributed by atoms with van der Waals surface area (Å²) in [5.41, 5.74) is 0.940. The van der Waals surface area contributed by atoms with Crippen molar-refractivity contribution in [2.45, 2.75) is 19.8 Å². The van der Waals surface area contributed by atoms with Crippen molar-refractivity contribution in [3.63, 3.8) is 0 Å². The predicted molar refractivity (Wildman–Crippen MR) is 104 cm³/mol. The molecule has 26 heavy (non-hydrogen) atoms. The molecule has 0 aromatic heterocycles.